The minimum atomic E-state index is -4.68. The number of nitrogens with two attached hydrogens (primary N) is 1. The van der Waals surface area contributed by atoms with Crippen molar-refractivity contribution in [1.82, 2.24) is 4.98 Å². The maximum atomic E-state index is 12.3. The zero-order valence-corrected chi connectivity index (χ0v) is 11.7. The third-order valence-electron chi connectivity index (χ3n) is 4.02. The van der Waals surface area contributed by atoms with Crippen molar-refractivity contribution >= 4 is 5.69 Å². The molecule has 22 heavy (non-hydrogen) atoms. The van der Waals surface area contributed by atoms with Crippen LogP contribution >= 0.6 is 0 Å². The monoisotopic (exact) mass is 308 g/mol. The van der Waals surface area contributed by atoms with Crippen LogP contribution in [0.3, 0.4) is 0 Å². The molecule has 1 aliphatic rings. The second-order valence-corrected chi connectivity index (χ2v) is 5.39. The fourth-order valence-electron chi connectivity index (χ4n) is 2.91. The Kier molecular flexibility index (Phi) is 3.68. The summed E-state index contributed by atoms with van der Waals surface area (Å²) in [5.41, 5.74) is 8.22. The predicted octanol–water partition coefficient (Wildman–Crippen LogP) is 4.22. The highest BCUT2D eigenvalue weighted by Gasteiger charge is 2.36. The van der Waals surface area contributed by atoms with Gasteiger partial charge in [0.15, 0.2) is 0 Å². The summed E-state index contributed by atoms with van der Waals surface area (Å²) in [5.74, 6) is 0.0703. The van der Waals surface area contributed by atoms with Crippen LogP contribution in [0.1, 0.15) is 35.9 Å². The van der Waals surface area contributed by atoms with Crippen molar-refractivity contribution in [2.24, 2.45) is 0 Å². The average Bonchev–Trinajstić information content (AvgIpc) is 2.38. The maximum absolute atomic E-state index is 12.3. The van der Waals surface area contributed by atoms with E-state index in [0.717, 1.165) is 24.1 Å². The average molecular weight is 308 g/mol. The number of aromatic nitrogens is 1. The molecule has 1 saturated carbocycles. The standard InChI is InChI=1S/C16H15F3N2O/c17-16(18,19)22-11-4-1-3-10(9-11)12-6-7-13(12)15-14(20)5-2-8-21-15/h1-5,8-9,12-13H,6-7,20H2. The molecule has 2 aromatic rings. The van der Waals surface area contributed by atoms with Crippen molar-refractivity contribution in [3.63, 3.8) is 0 Å². The zero-order valence-electron chi connectivity index (χ0n) is 11.7. The molecule has 2 N–H and O–H groups in total. The molecule has 0 bridgehead atoms. The van der Waals surface area contributed by atoms with Gasteiger partial charge in [0.2, 0.25) is 0 Å². The number of hydrogen-bond acceptors (Lipinski definition) is 3. The lowest BCUT2D eigenvalue weighted by molar-refractivity contribution is -0.274. The van der Waals surface area contributed by atoms with Gasteiger partial charge in [0, 0.05) is 12.1 Å². The van der Waals surface area contributed by atoms with E-state index in [2.05, 4.69) is 9.72 Å². The van der Waals surface area contributed by atoms with Gasteiger partial charge in [0.1, 0.15) is 5.75 Å². The van der Waals surface area contributed by atoms with Gasteiger partial charge in [-0.05, 0) is 48.6 Å². The van der Waals surface area contributed by atoms with E-state index in [0.29, 0.717) is 5.69 Å². The van der Waals surface area contributed by atoms with Crippen molar-refractivity contribution < 1.29 is 17.9 Å². The van der Waals surface area contributed by atoms with Crippen LogP contribution in [0, 0.1) is 0 Å². The Labute approximate surface area is 125 Å². The second kappa shape index (κ2) is 5.51. The van der Waals surface area contributed by atoms with Crippen LogP contribution in [0.2, 0.25) is 0 Å². The molecular weight excluding hydrogens is 293 g/mol. The molecule has 3 nitrogen and oxygen atoms in total. The van der Waals surface area contributed by atoms with Gasteiger partial charge in [-0.2, -0.15) is 0 Å². The van der Waals surface area contributed by atoms with Crippen molar-refractivity contribution in [2.45, 2.75) is 31.0 Å². The molecule has 0 saturated heterocycles. The number of nitrogens with zero attached hydrogens (tertiary/aromatic N) is 1. The highest BCUT2D eigenvalue weighted by Crippen LogP contribution is 2.50. The van der Waals surface area contributed by atoms with Crippen LogP contribution in [0.4, 0.5) is 18.9 Å². The van der Waals surface area contributed by atoms with Crippen LogP contribution in [0.25, 0.3) is 0 Å². The van der Waals surface area contributed by atoms with Gasteiger partial charge >= 0.3 is 6.36 Å². The number of hydrogen-bond donors (Lipinski definition) is 1. The van der Waals surface area contributed by atoms with E-state index < -0.39 is 6.36 Å². The van der Waals surface area contributed by atoms with Gasteiger partial charge < -0.3 is 10.5 Å². The number of rotatable bonds is 3. The minimum absolute atomic E-state index is 0.119. The quantitative estimate of drug-likeness (QED) is 0.923. The first-order valence-electron chi connectivity index (χ1n) is 7.00. The Morgan fingerprint density at radius 1 is 1.09 bits per heavy atom. The van der Waals surface area contributed by atoms with E-state index in [1.807, 2.05) is 6.07 Å². The van der Waals surface area contributed by atoms with E-state index in [-0.39, 0.29) is 17.6 Å². The Morgan fingerprint density at radius 3 is 2.50 bits per heavy atom. The van der Waals surface area contributed by atoms with E-state index in [1.54, 1.807) is 24.4 Å². The molecule has 0 aliphatic heterocycles. The van der Waals surface area contributed by atoms with Crippen molar-refractivity contribution in [3.05, 3.63) is 53.9 Å². The van der Waals surface area contributed by atoms with Gasteiger partial charge in [-0.25, -0.2) is 0 Å². The highest BCUT2D eigenvalue weighted by atomic mass is 19.4. The van der Waals surface area contributed by atoms with Gasteiger partial charge in [-0.1, -0.05) is 12.1 Å². The van der Waals surface area contributed by atoms with Crippen LogP contribution < -0.4 is 10.5 Å². The molecule has 6 heteroatoms. The van der Waals surface area contributed by atoms with E-state index >= 15 is 0 Å². The Balaban J connectivity index is 1.83. The van der Waals surface area contributed by atoms with Crippen molar-refractivity contribution in [1.29, 1.82) is 0 Å². The number of anilines is 1. The number of pyridine rings is 1. The number of nitrogen functional groups attached to an aromatic ring is 1. The molecule has 2 unspecified atom stereocenters. The molecule has 1 aromatic heterocycles. The summed E-state index contributed by atoms with van der Waals surface area (Å²) < 4.78 is 40.9. The lowest BCUT2D eigenvalue weighted by Gasteiger charge is -2.37. The first-order valence-corrected chi connectivity index (χ1v) is 7.00. The summed E-state index contributed by atoms with van der Waals surface area (Å²) in [7, 11) is 0. The van der Waals surface area contributed by atoms with Crippen LogP contribution in [-0.2, 0) is 0 Å². The van der Waals surface area contributed by atoms with Crippen LogP contribution in [0.15, 0.2) is 42.6 Å². The smallest absolute Gasteiger partial charge is 0.406 e. The third kappa shape index (κ3) is 3.00. The first-order chi connectivity index (χ1) is 10.4. The molecular formula is C16H15F3N2O. The number of halogens is 3. The minimum Gasteiger partial charge on any atom is -0.406 e. The third-order valence-corrected chi connectivity index (χ3v) is 4.02. The van der Waals surface area contributed by atoms with E-state index in [1.165, 1.54) is 12.1 Å². The lowest BCUT2D eigenvalue weighted by Crippen LogP contribution is -2.24. The molecule has 1 fully saturated rings. The topological polar surface area (TPSA) is 48.1 Å². The number of alkyl halides is 3. The fraction of sp³-hybridized carbons (Fsp3) is 0.312. The fourth-order valence-corrected chi connectivity index (χ4v) is 2.91. The van der Waals surface area contributed by atoms with Gasteiger partial charge in [0.05, 0.1) is 11.4 Å². The Hall–Kier alpha value is -2.24. The molecule has 116 valence electrons. The summed E-state index contributed by atoms with van der Waals surface area (Å²) in [5, 5.41) is 0. The van der Waals surface area contributed by atoms with Crippen molar-refractivity contribution in [3.8, 4) is 5.75 Å². The number of benzene rings is 1. The Bertz CT molecular complexity index is 672. The maximum Gasteiger partial charge on any atom is 0.573 e. The first kappa shape index (κ1) is 14.7. The molecule has 0 spiro atoms. The summed E-state index contributed by atoms with van der Waals surface area (Å²) in [4.78, 5) is 4.32. The molecule has 1 heterocycles. The molecule has 0 radical (unpaired) electrons. The summed E-state index contributed by atoms with van der Waals surface area (Å²) in [6.45, 7) is 0. The second-order valence-electron chi connectivity index (χ2n) is 5.39. The SMILES string of the molecule is Nc1cccnc1C1CCC1c1cccc(OC(F)(F)F)c1. The normalized spacial score (nSPS) is 21.2. The van der Waals surface area contributed by atoms with E-state index in [4.69, 9.17) is 5.73 Å². The van der Waals surface area contributed by atoms with Crippen molar-refractivity contribution in [2.75, 3.05) is 5.73 Å². The Morgan fingerprint density at radius 2 is 1.86 bits per heavy atom. The molecule has 0 amide bonds. The summed E-state index contributed by atoms with van der Waals surface area (Å²) in [6, 6.07) is 9.71. The summed E-state index contributed by atoms with van der Waals surface area (Å²) in [6.07, 6.45) is -1.17. The highest BCUT2D eigenvalue weighted by molar-refractivity contribution is 5.47. The van der Waals surface area contributed by atoms with E-state index in [9.17, 15) is 13.2 Å². The van der Waals surface area contributed by atoms with Gasteiger partial charge in [-0.3, -0.25) is 4.98 Å². The zero-order chi connectivity index (χ0) is 15.7. The van der Waals surface area contributed by atoms with Gasteiger partial charge in [-0.15, -0.1) is 13.2 Å². The van der Waals surface area contributed by atoms with Gasteiger partial charge in [0.25, 0.3) is 0 Å². The molecule has 2 atom stereocenters. The largest absolute Gasteiger partial charge is 0.573 e. The summed E-state index contributed by atoms with van der Waals surface area (Å²) >= 11 is 0. The number of ether oxygens (including phenoxy) is 1. The van der Waals surface area contributed by atoms with Crippen LogP contribution in [0.5, 0.6) is 5.75 Å². The molecule has 1 aliphatic carbocycles. The lowest BCUT2D eigenvalue weighted by atomic mass is 9.68. The molecule has 1 aromatic carbocycles. The van der Waals surface area contributed by atoms with Crippen LogP contribution in [-0.4, -0.2) is 11.3 Å². The molecule has 3 rings (SSSR count). The predicted molar refractivity (Wildman–Crippen MR) is 76.5 cm³/mol.